The Morgan fingerprint density at radius 2 is 0.904 bits per heavy atom. The molecule has 5 aromatic carbocycles. The number of aryl methyl sites for hydroxylation is 2. The van der Waals surface area contributed by atoms with Crippen LogP contribution in [0.4, 0.5) is 28.4 Å². The molecule has 0 aromatic heterocycles. The van der Waals surface area contributed by atoms with Gasteiger partial charge >= 0.3 is 12.0 Å². The smallest absolute Gasteiger partial charge is 0.334 e. The molecule has 0 saturated heterocycles. The number of anilines is 5. The SMILES string of the molecule is Cl[Si](Cl)(Cl)CCCc1ccc(N(c2ccccc2)c2ccc(-c3ccc(N(c4ccc(CCC[Si](Cl)(Cl)Cl)cc4)C4C=CC=CC4)cc3)cc2)cc1. The first kappa shape index (κ1) is 39.1. The van der Waals surface area contributed by atoms with Crippen LogP contribution in [-0.2, 0) is 12.8 Å². The number of allylic oxidation sites excluding steroid dienone is 2. The number of hydrogen-bond donors (Lipinski definition) is 0. The van der Waals surface area contributed by atoms with E-state index in [1.807, 2.05) is 6.07 Å². The summed E-state index contributed by atoms with van der Waals surface area (Å²) < 4.78 is 0. The molecule has 0 saturated carbocycles. The molecule has 2 nitrogen and oxygen atoms in total. The van der Waals surface area contributed by atoms with Crippen molar-refractivity contribution in [1.82, 2.24) is 0 Å². The third kappa shape index (κ3) is 11.2. The van der Waals surface area contributed by atoms with Crippen molar-refractivity contribution in [2.45, 2.75) is 50.2 Å². The van der Waals surface area contributed by atoms with Crippen LogP contribution in [0.5, 0.6) is 0 Å². The van der Waals surface area contributed by atoms with Gasteiger partial charge < -0.3 is 9.80 Å². The summed E-state index contributed by atoms with van der Waals surface area (Å²) in [5, 5.41) is 0. The molecule has 0 heterocycles. The third-order valence-corrected chi connectivity index (χ3v) is 14.4. The summed E-state index contributed by atoms with van der Waals surface area (Å²) in [4.78, 5) is 4.69. The molecule has 0 spiro atoms. The van der Waals surface area contributed by atoms with E-state index in [9.17, 15) is 0 Å². The van der Waals surface area contributed by atoms with Gasteiger partial charge in [-0.3, -0.25) is 0 Å². The lowest BCUT2D eigenvalue weighted by molar-refractivity contribution is 0.784. The van der Waals surface area contributed by atoms with Crippen LogP contribution >= 0.6 is 66.5 Å². The Hall–Kier alpha value is -2.65. The number of rotatable bonds is 15. The average Bonchev–Trinajstić information content (AvgIpc) is 3.14. The van der Waals surface area contributed by atoms with Crippen molar-refractivity contribution in [3.8, 4) is 11.1 Å². The van der Waals surface area contributed by atoms with E-state index in [1.54, 1.807) is 0 Å². The second kappa shape index (κ2) is 18.1. The van der Waals surface area contributed by atoms with Crippen molar-refractivity contribution >= 4 is 107 Å². The molecule has 6 rings (SSSR count). The lowest BCUT2D eigenvalue weighted by Gasteiger charge is -2.33. The molecule has 1 aliphatic carbocycles. The predicted molar refractivity (Wildman–Crippen MR) is 235 cm³/mol. The quantitative estimate of drug-likeness (QED) is 0.0765. The number of benzene rings is 5. The molecule has 0 bridgehead atoms. The Labute approximate surface area is 338 Å². The van der Waals surface area contributed by atoms with Gasteiger partial charge in [0, 0.05) is 28.4 Å². The van der Waals surface area contributed by atoms with Gasteiger partial charge in [-0.05, 0) is 127 Å². The monoisotopic (exact) mass is 838 g/mol. The fourth-order valence-electron chi connectivity index (χ4n) is 6.55. The fourth-order valence-corrected chi connectivity index (χ4v) is 10.1. The van der Waals surface area contributed by atoms with Crippen LogP contribution in [0.2, 0.25) is 12.1 Å². The molecule has 268 valence electrons. The average molecular weight is 842 g/mol. The minimum atomic E-state index is -2.60. The van der Waals surface area contributed by atoms with Crippen molar-refractivity contribution in [3.63, 3.8) is 0 Å². The van der Waals surface area contributed by atoms with Gasteiger partial charge in [-0.25, -0.2) is 0 Å². The second-order valence-electron chi connectivity index (χ2n) is 13.0. The van der Waals surface area contributed by atoms with E-state index < -0.39 is 12.0 Å². The normalized spacial score (nSPS) is 14.4. The van der Waals surface area contributed by atoms with Crippen molar-refractivity contribution in [1.29, 1.82) is 0 Å². The summed E-state index contributed by atoms with van der Waals surface area (Å²) in [6, 6.07) is 42.0. The van der Waals surface area contributed by atoms with E-state index in [-0.39, 0.29) is 6.04 Å². The first-order valence-electron chi connectivity index (χ1n) is 17.5. The predicted octanol–water partition coefficient (Wildman–Crippen LogP) is 15.0. The van der Waals surface area contributed by atoms with Gasteiger partial charge in [-0.1, -0.05) is 91.0 Å². The van der Waals surface area contributed by atoms with Gasteiger partial charge in [0.25, 0.3) is 0 Å². The standard InChI is InChI=1S/C42H40Cl6N2Si2/c43-51(44,45)31-7-9-33-15-23-39(24-16-33)49(37-11-3-1-4-12-37)41-27-19-35(20-28-41)36-21-29-42(30-22-36)50(38-13-5-2-6-14-38)40-25-17-34(18-26-40)10-8-32-52(46,47)48/h1-6,11-13,15-30,38H,7-10,14,31-32H2. The van der Waals surface area contributed by atoms with E-state index in [2.05, 4.69) is 155 Å². The summed E-state index contributed by atoms with van der Waals surface area (Å²) in [6.07, 6.45) is 13.2. The highest BCUT2D eigenvalue weighted by atomic mass is 35.8. The highest BCUT2D eigenvalue weighted by molar-refractivity contribution is 7.65. The molecule has 1 unspecified atom stereocenters. The largest absolute Gasteiger partial charge is 0.341 e. The van der Waals surface area contributed by atoms with Crippen LogP contribution in [0.1, 0.15) is 30.4 Å². The molecule has 5 aromatic rings. The van der Waals surface area contributed by atoms with Crippen molar-refractivity contribution in [2.24, 2.45) is 0 Å². The maximum atomic E-state index is 6.10. The molecule has 0 fully saturated rings. The molecular weight excluding hydrogens is 801 g/mol. The Bertz CT molecular complexity index is 1920. The molecule has 0 N–H and O–H groups in total. The zero-order valence-corrected chi connectivity index (χ0v) is 35.2. The van der Waals surface area contributed by atoms with Crippen LogP contribution in [0.15, 0.2) is 152 Å². The molecule has 0 radical (unpaired) electrons. The first-order chi connectivity index (χ1) is 25.0. The van der Waals surface area contributed by atoms with E-state index in [1.165, 1.54) is 11.1 Å². The minimum absolute atomic E-state index is 0.220. The van der Waals surface area contributed by atoms with Gasteiger partial charge in [0.05, 0.1) is 6.04 Å². The molecule has 1 atom stereocenters. The van der Waals surface area contributed by atoms with Crippen LogP contribution in [0, 0.1) is 0 Å². The Kier molecular flexibility index (Phi) is 13.6. The van der Waals surface area contributed by atoms with Crippen molar-refractivity contribution in [2.75, 3.05) is 9.80 Å². The van der Waals surface area contributed by atoms with E-state index in [4.69, 9.17) is 66.5 Å². The first-order valence-corrected chi connectivity index (χ1v) is 28.0. The van der Waals surface area contributed by atoms with Crippen molar-refractivity contribution in [3.05, 3.63) is 163 Å². The highest BCUT2D eigenvalue weighted by Crippen LogP contribution is 2.37. The summed E-state index contributed by atoms with van der Waals surface area (Å²) in [5.74, 6) is 0. The van der Waals surface area contributed by atoms with Crippen LogP contribution in [0.3, 0.4) is 0 Å². The summed E-state index contributed by atoms with van der Waals surface area (Å²) in [6.45, 7) is 0. The second-order valence-corrected chi connectivity index (χ2v) is 31.6. The Morgan fingerprint density at radius 1 is 0.481 bits per heavy atom. The topological polar surface area (TPSA) is 6.48 Å². The van der Waals surface area contributed by atoms with Gasteiger partial charge in [0.1, 0.15) is 0 Å². The van der Waals surface area contributed by atoms with Gasteiger partial charge in [-0.15, -0.1) is 66.5 Å². The van der Waals surface area contributed by atoms with E-state index in [0.29, 0.717) is 12.1 Å². The van der Waals surface area contributed by atoms with Crippen LogP contribution < -0.4 is 9.80 Å². The zero-order chi connectivity index (χ0) is 36.6. The minimum Gasteiger partial charge on any atom is -0.334 e. The molecule has 10 heteroatoms. The lowest BCUT2D eigenvalue weighted by Crippen LogP contribution is -2.29. The highest BCUT2D eigenvalue weighted by Gasteiger charge is 2.25. The van der Waals surface area contributed by atoms with E-state index >= 15 is 0 Å². The fraction of sp³-hybridized carbons (Fsp3) is 0.190. The number of nitrogens with zero attached hydrogens (tertiary/aromatic N) is 2. The van der Waals surface area contributed by atoms with E-state index in [0.717, 1.165) is 71.7 Å². The summed E-state index contributed by atoms with van der Waals surface area (Å²) in [7, 11) is 0. The zero-order valence-electron chi connectivity index (χ0n) is 28.6. The van der Waals surface area contributed by atoms with Crippen LogP contribution in [-0.4, -0.2) is 18.0 Å². The van der Waals surface area contributed by atoms with Crippen LogP contribution in [0.25, 0.3) is 11.1 Å². The lowest BCUT2D eigenvalue weighted by atomic mass is 10.0. The summed E-state index contributed by atoms with van der Waals surface area (Å²) in [5.41, 5.74) is 10.4. The molecule has 0 aliphatic heterocycles. The maximum absolute atomic E-state index is 6.10. The van der Waals surface area contributed by atoms with Gasteiger partial charge in [0.15, 0.2) is 0 Å². The van der Waals surface area contributed by atoms with Crippen molar-refractivity contribution < 1.29 is 0 Å². The molecule has 52 heavy (non-hydrogen) atoms. The molecule has 1 aliphatic rings. The molecular formula is C42H40Cl6N2Si2. The number of para-hydroxylation sites is 1. The Balaban J connectivity index is 1.20. The Morgan fingerprint density at radius 3 is 1.35 bits per heavy atom. The van der Waals surface area contributed by atoms with Gasteiger partial charge in [-0.2, -0.15) is 0 Å². The number of hydrogen-bond acceptors (Lipinski definition) is 2. The third-order valence-electron chi connectivity index (χ3n) is 9.17. The summed E-state index contributed by atoms with van der Waals surface area (Å²) >= 11 is 36.6. The maximum Gasteiger partial charge on any atom is 0.341 e. The number of halogens is 6. The van der Waals surface area contributed by atoms with Gasteiger partial charge in [0.2, 0.25) is 0 Å². The molecule has 0 amide bonds.